The molecule has 0 radical (unpaired) electrons. The molecule has 0 atom stereocenters. The summed E-state index contributed by atoms with van der Waals surface area (Å²) in [7, 11) is 0. The molecule has 0 fully saturated rings. The molecule has 0 heterocycles. The van der Waals surface area contributed by atoms with Crippen LogP contribution in [0.1, 0.15) is 31.1 Å². The van der Waals surface area contributed by atoms with E-state index in [1.54, 1.807) is 51.1 Å². The summed E-state index contributed by atoms with van der Waals surface area (Å²) in [6, 6.07) is 6.53. The zero-order valence-corrected chi connectivity index (χ0v) is 12.5. The average molecular weight is 288 g/mol. The maximum atomic E-state index is 11.7. The molecule has 0 saturated heterocycles. The quantitative estimate of drug-likeness (QED) is 0.837. The summed E-state index contributed by atoms with van der Waals surface area (Å²) in [5.74, 6) is -0.203. The van der Waals surface area contributed by atoms with Crippen LogP contribution in [0.2, 0.25) is 0 Å². The van der Waals surface area contributed by atoms with Gasteiger partial charge in [-0.2, -0.15) is 0 Å². The number of rotatable bonds is 4. The van der Waals surface area contributed by atoms with Gasteiger partial charge in [-0.15, -0.1) is 5.73 Å². The van der Waals surface area contributed by atoms with Crippen LogP contribution < -0.4 is 10.6 Å². The molecule has 0 saturated carbocycles. The van der Waals surface area contributed by atoms with Gasteiger partial charge in [0.1, 0.15) is 5.60 Å². The molecule has 0 aliphatic carbocycles. The van der Waals surface area contributed by atoms with Gasteiger partial charge in [0.2, 0.25) is 0 Å². The van der Waals surface area contributed by atoms with Crippen molar-refractivity contribution in [1.29, 1.82) is 0 Å². The predicted molar refractivity (Wildman–Crippen MR) is 82.3 cm³/mol. The fourth-order valence-electron chi connectivity index (χ4n) is 1.44. The smallest absolute Gasteiger partial charge is 0.412 e. The van der Waals surface area contributed by atoms with E-state index in [0.29, 0.717) is 17.8 Å². The SMILES string of the molecule is C=C=CCNC(=O)c1ccc(NC(=O)OC(C)(C)C)cc1. The molecule has 0 spiro atoms. The minimum Gasteiger partial charge on any atom is -0.444 e. The molecule has 5 nitrogen and oxygen atoms in total. The van der Waals surface area contributed by atoms with Crippen LogP contribution in [0.4, 0.5) is 10.5 Å². The molecular formula is C16H20N2O3. The topological polar surface area (TPSA) is 67.4 Å². The highest BCUT2D eigenvalue weighted by Crippen LogP contribution is 2.12. The van der Waals surface area contributed by atoms with Crippen LogP contribution in [0.5, 0.6) is 0 Å². The minimum absolute atomic E-state index is 0.203. The van der Waals surface area contributed by atoms with Gasteiger partial charge >= 0.3 is 6.09 Å². The molecule has 5 heteroatoms. The first-order valence-electron chi connectivity index (χ1n) is 6.54. The molecule has 2 amide bonds. The summed E-state index contributed by atoms with van der Waals surface area (Å²) in [6.07, 6.45) is 1.09. The highest BCUT2D eigenvalue weighted by atomic mass is 16.6. The van der Waals surface area contributed by atoms with Crippen LogP contribution in [0.15, 0.2) is 42.7 Å². The van der Waals surface area contributed by atoms with E-state index in [0.717, 1.165) is 0 Å². The zero-order chi connectivity index (χ0) is 15.9. The lowest BCUT2D eigenvalue weighted by atomic mass is 10.2. The van der Waals surface area contributed by atoms with Crippen LogP contribution in [0.3, 0.4) is 0 Å². The van der Waals surface area contributed by atoms with Gasteiger partial charge in [0, 0.05) is 17.8 Å². The second-order valence-electron chi connectivity index (χ2n) is 5.32. The first kappa shape index (κ1) is 16.5. The van der Waals surface area contributed by atoms with E-state index in [1.165, 1.54) is 0 Å². The van der Waals surface area contributed by atoms with E-state index < -0.39 is 11.7 Å². The lowest BCUT2D eigenvalue weighted by Gasteiger charge is -2.19. The van der Waals surface area contributed by atoms with Crippen molar-refractivity contribution < 1.29 is 14.3 Å². The highest BCUT2D eigenvalue weighted by Gasteiger charge is 2.16. The summed E-state index contributed by atoms with van der Waals surface area (Å²) in [5, 5.41) is 5.28. The average Bonchev–Trinajstić information content (AvgIpc) is 2.37. The van der Waals surface area contributed by atoms with Crippen molar-refractivity contribution in [2.75, 3.05) is 11.9 Å². The van der Waals surface area contributed by atoms with Crippen LogP contribution in [0.25, 0.3) is 0 Å². The Morgan fingerprint density at radius 3 is 2.43 bits per heavy atom. The number of benzene rings is 1. The van der Waals surface area contributed by atoms with Crippen molar-refractivity contribution in [3.63, 3.8) is 0 Å². The molecular weight excluding hydrogens is 268 g/mol. The van der Waals surface area contributed by atoms with E-state index in [-0.39, 0.29) is 5.91 Å². The second-order valence-corrected chi connectivity index (χ2v) is 5.32. The number of nitrogens with one attached hydrogen (secondary N) is 2. The summed E-state index contributed by atoms with van der Waals surface area (Å²) in [4.78, 5) is 23.3. The number of carbonyl (C=O) groups excluding carboxylic acids is 2. The van der Waals surface area contributed by atoms with Gasteiger partial charge in [-0.05, 0) is 51.1 Å². The largest absolute Gasteiger partial charge is 0.444 e. The first-order chi connectivity index (χ1) is 9.81. The van der Waals surface area contributed by atoms with Crippen molar-refractivity contribution in [3.8, 4) is 0 Å². The van der Waals surface area contributed by atoms with Crippen LogP contribution in [-0.2, 0) is 4.74 Å². The third kappa shape index (κ3) is 6.45. The molecule has 112 valence electrons. The third-order valence-corrected chi connectivity index (χ3v) is 2.30. The van der Waals surface area contributed by atoms with Crippen molar-refractivity contribution in [1.82, 2.24) is 5.32 Å². The van der Waals surface area contributed by atoms with E-state index >= 15 is 0 Å². The van der Waals surface area contributed by atoms with Gasteiger partial charge in [-0.25, -0.2) is 4.79 Å². The minimum atomic E-state index is -0.553. The highest BCUT2D eigenvalue weighted by molar-refractivity contribution is 5.95. The molecule has 0 unspecified atom stereocenters. The maximum absolute atomic E-state index is 11.7. The lowest BCUT2D eigenvalue weighted by Crippen LogP contribution is -2.27. The molecule has 21 heavy (non-hydrogen) atoms. The lowest BCUT2D eigenvalue weighted by molar-refractivity contribution is 0.0636. The van der Waals surface area contributed by atoms with Crippen LogP contribution in [0, 0.1) is 0 Å². The van der Waals surface area contributed by atoms with E-state index in [1.807, 2.05) is 0 Å². The Labute approximate surface area is 124 Å². The molecule has 0 aliphatic rings. The van der Waals surface area contributed by atoms with E-state index in [9.17, 15) is 9.59 Å². The summed E-state index contributed by atoms with van der Waals surface area (Å²) < 4.78 is 5.14. The molecule has 0 aromatic heterocycles. The Bertz CT molecular complexity index is 550. The summed E-state index contributed by atoms with van der Waals surface area (Å²) >= 11 is 0. The third-order valence-electron chi connectivity index (χ3n) is 2.30. The van der Waals surface area contributed by atoms with Crippen molar-refractivity contribution >= 4 is 17.7 Å². The van der Waals surface area contributed by atoms with Gasteiger partial charge < -0.3 is 10.1 Å². The molecule has 1 rings (SSSR count). The second kappa shape index (κ2) is 7.31. The Morgan fingerprint density at radius 1 is 1.29 bits per heavy atom. The standard InChI is InChI=1S/C16H20N2O3/c1-5-6-11-17-14(19)12-7-9-13(10-8-12)18-15(20)21-16(2,3)4/h6-10H,1,11H2,2-4H3,(H,17,19)(H,18,20). The van der Waals surface area contributed by atoms with Crippen LogP contribution in [-0.4, -0.2) is 24.1 Å². The number of anilines is 1. The van der Waals surface area contributed by atoms with E-state index in [2.05, 4.69) is 22.9 Å². The Hall–Kier alpha value is -2.52. The van der Waals surface area contributed by atoms with Crippen molar-refractivity contribution in [2.45, 2.75) is 26.4 Å². The summed E-state index contributed by atoms with van der Waals surface area (Å²) in [6.45, 7) is 9.15. The molecule has 2 N–H and O–H groups in total. The maximum Gasteiger partial charge on any atom is 0.412 e. The monoisotopic (exact) mass is 288 g/mol. The molecule has 0 bridgehead atoms. The Morgan fingerprint density at radius 2 is 1.90 bits per heavy atom. The van der Waals surface area contributed by atoms with Gasteiger partial charge in [0.15, 0.2) is 0 Å². The van der Waals surface area contributed by atoms with Gasteiger partial charge in [0.25, 0.3) is 5.91 Å². The van der Waals surface area contributed by atoms with Gasteiger partial charge in [-0.3, -0.25) is 10.1 Å². The van der Waals surface area contributed by atoms with Gasteiger partial charge in [0.05, 0.1) is 0 Å². The Kier molecular flexibility index (Phi) is 5.76. The van der Waals surface area contributed by atoms with Gasteiger partial charge in [-0.1, -0.05) is 6.58 Å². The summed E-state index contributed by atoms with van der Waals surface area (Å²) in [5.41, 5.74) is 3.08. The first-order valence-corrected chi connectivity index (χ1v) is 6.54. The fourth-order valence-corrected chi connectivity index (χ4v) is 1.44. The fraction of sp³-hybridized carbons (Fsp3) is 0.312. The predicted octanol–water partition coefficient (Wildman–Crippen LogP) is 3.10. The zero-order valence-electron chi connectivity index (χ0n) is 12.5. The van der Waals surface area contributed by atoms with Crippen molar-refractivity contribution in [3.05, 3.63) is 48.2 Å². The normalized spacial score (nSPS) is 10.2. The van der Waals surface area contributed by atoms with E-state index in [4.69, 9.17) is 4.74 Å². The Balaban J connectivity index is 2.59. The molecule has 0 aliphatic heterocycles. The number of hydrogen-bond donors (Lipinski definition) is 2. The van der Waals surface area contributed by atoms with Crippen LogP contribution >= 0.6 is 0 Å². The molecule has 1 aromatic rings. The molecule has 1 aromatic carbocycles. The number of hydrogen-bond acceptors (Lipinski definition) is 3. The number of amides is 2. The number of ether oxygens (including phenoxy) is 1. The number of carbonyl (C=O) groups is 2. The van der Waals surface area contributed by atoms with Crippen molar-refractivity contribution in [2.24, 2.45) is 0 Å².